The molecule has 0 atom stereocenters. The average Bonchev–Trinajstić information content (AvgIpc) is 3.11. The van der Waals surface area contributed by atoms with Crippen LogP contribution in [0, 0.1) is 5.92 Å². The molecular formula is C16H18N4O4S2. The van der Waals surface area contributed by atoms with Crippen molar-refractivity contribution >= 4 is 38.3 Å². The van der Waals surface area contributed by atoms with Gasteiger partial charge in [-0.1, -0.05) is 29.5 Å². The van der Waals surface area contributed by atoms with Gasteiger partial charge in [0.05, 0.1) is 11.1 Å². The van der Waals surface area contributed by atoms with E-state index in [1.807, 2.05) is 0 Å². The van der Waals surface area contributed by atoms with Crippen LogP contribution in [0.4, 0.5) is 5.13 Å². The van der Waals surface area contributed by atoms with Gasteiger partial charge in [0.2, 0.25) is 15.9 Å². The molecule has 0 saturated carbocycles. The molecular weight excluding hydrogens is 376 g/mol. The highest BCUT2D eigenvalue weighted by Gasteiger charge is 2.32. The monoisotopic (exact) mass is 394 g/mol. The Hall–Kier alpha value is -2.30. The van der Waals surface area contributed by atoms with E-state index in [0.29, 0.717) is 18.0 Å². The zero-order valence-electron chi connectivity index (χ0n) is 13.8. The van der Waals surface area contributed by atoms with Crippen molar-refractivity contribution < 1.29 is 18.0 Å². The summed E-state index contributed by atoms with van der Waals surface area (Å²) in [7, 11) is -3.54. The Bertz CT molecular complexity index is 903. The van der Waals surface area contributed by atoms with Crippen LogP contribution < -0.4 is 11.1 Å². The van der Waals surface area contributed by atoms with Gasteiger partial charge in [0, 0.05) is 19.0 Å². The van der Waals surface area contributed by atoms with Gasteiger partial charge in [-0.15, -0.1) is 0 Å². The van der Waals surface area contributed by atoms with E-state index in [1.54, 1.807) is 30.3 Å². The van der Waals surface area contributed by atoms with Gasteiger partial charge in [-0.2, -0.15) is 4.31 Å². The summed E-state index contributed by atoms with van der Waals surface area (Å²) < 4.78 is 26.6. The molecule has 0 unspecified atom stereocenters. The second-order valence-corrected chi connectivity index (χ2v) is 8.84. The van der Waals surface area contributed by atoms with E-state index in [0.717, 1.165) is 11.3 Å². The Morgan fingerprint density at radius 2 is 1.85 bits per heavy atom. The standard InChI is InChI=1S/C16H18N4O4S2/c17-14(21)13-10-18-16(25-13)19-15(22)11-6-8-20(9-7-11)26(23,24)12-4-2-1-3-5-12/h1-5,10-11H,6-9H2,(H2,17,21)(H,18,19,22). The Morgan fingerprint density at radius 1 is 1.19 bits per heavy atom. The van der Waals surface area contributed by atoms with Crippen LogP contribution in [0.15, 0.2) is 41.4 Å². The molecule has 3 N–H and O–H groups in total. The first-order valence-electron chi connectivity index (χ1n) is 7.99. The Balaban J connectivity index is 1.59. The molecule has 10 heteroatoms. The second kappa shape index (κ2) is 7.52. The highest BCUT2D eigenvalue weighted by molar-refractivity contribution is 7.89. The average molecular weight is 394 g/mol. The van der Waals surface area contributed by atoms with E-state index in [-0.39, 0.29) is 34.7 Å². The summed E-state index contributed by atoms with van der Waals surface area (Å²) in [6.07, 6.45) is 2.16. The third-order valence-electron chi connectivity index (χ3n) is 4.18. The van der Waals surface area contributed by atoms with Gasteiger partial charge < -0.3 is 11.1 Å². The number of piperidine rings is 1. The molecule has 1 aromatic carbocycles. The summed E-state index contributed by atoms with van der Waals surface area (Å²) in [4.78, 5) is 27.9. The highest BCUT2D eigenvalue weighted by atomic mass is 32.2. The Kier molecular flexibility index (Phi) is 5.35. The first-order valence-corrected chi connectivity index (χ1v) is 10.3. The molecule has 1 aromatic heterocycles. The van der Waals surface area contributed by atoms with Crippen LogP contribution in [0.2, 0.25) is 0 Å². The number of anilines is 1. The SMILES string of the molecule is NC(=O)c1cnc(NC(=O)C2CCN(S(=O)(=O)c3ccccc3)CC2)s1. The summed E-state index contributed by atoms with van der Waals surface area (Å²) in [6, 6.07) is 8.25. The minimum Gasteiger partial charge on any atom is -0.365 e. The molecule has 1 aliphatic heterocycles. The van der Waals surface area contributed by atoms with Crippen LogP contribution in [0.3, 0.4) is 0 Å². The summed E-state index contributed by atoms with van der Waals surface area (Å²) in [6.45, 7) is 0.555. The number of carbonyl (C=O) groups excluding carboxylic acids is 2. The fraction of sp³-hybridized carbons (Fsp3) is 0.312. The van der Waals surface area contributed by atoms with Crippen molar-refractivity contribution in [1.82, 2.24) is 9.29 Å². The number of amides is 2. The predicted octanol–water partition coefficient (Wildman–Crippen LogP) is 1.28. The minimum absolute atomic E-state index is 0.230. The van der Waals surface area contributed by atoms with Crippen LogP contribution in [0.1, 0.15) is 22.5 Å². The maximum atomic E-state index is 12.6. The lowest BCUT2D eigenvalue weighted by Crippen LogP contribution is -2.41. The second-order valence-electron chi connectivity index (χ2n) is 5.87. The van der Waals surface area contributed by atoms with Gasteiger partial charge in [0.15, 0.2) is 5.13 Å². The number of carbonyl (C=O) groups is 2. The van der Waals surface area contributed by atoms with Crippen molar-refractivity contribution in [2.45, 2.75) is 17.7 Å². The van der Waals surface area contributed by atoms with Gasteiger partial charge in [-0.05, 0) is 25.0 Å². The maximum Gasteiger partial charge on any atom is 0.260 e. The number of nitrogens with zero attached hydrogens (tertiary/aromatic N) is 2. The minimum atomic E-state index is -3.54. The molecule has 1 aliphatic rings. The van der Waals surface area contributed by atoms with Crippen LogP contribution in [-0.4, -0.2) is 42.6 Å². The van der Waals surface area contributed by atoms with Crippen molar-refractivity contribution in [3.8, 4) is 0 Å². The van der Waals surface area contributed by atoms with Crippen molar-refractivity contribution in [3.05, 3.63) is 41.4 Å². The van der Waals surface area contributed by atoms with E-state index >= 15 is 0 Å². The molecule has 1 saturated heterocycles. The van der Waals surface area contributed by atoms with Gasteiger partial charge in [0.25, 0.3) is 5.91 Å². The van der Waals surface area contributed by atoms with Gasteiger partial charge in [0.1, 0.15) is 4.88 Å². The number of aromatic nitrogens is 1. The van der Waals surface area contributed by atoms with E-state index in [9.17, 15) is 18.0 Å². The van der Waals surface area contributed by atoms with Crippen molar-refractivity contribution in [1.29, 1.82) is 0 Å². The first kappa shape index (κ1) is 18.5. The Labute approximate surface area is 155 Å². The van der Waals surface area contributed by atoms with Crippen LogP contribution >= 0.6 is 11.3 Å². The number of sulfonamides is 1. The molecule has 0 bridgehead atoms. The third kappa shape index (κ3) is 3.92. The quantitative estimate of drug-likeness (QED) is 0.791. The summed E-state index contributed by atoms with van der Waals surface area (Å²) in [5, 5.41) is 2.97. The van der Waals surface area contributed by atoms with Crippen LogP contribution in [0.5, 0.6) is 0 Å². The Morgan fingerprint density at radius 3 is 2.42 bits per heavy atom. The lowest BCUT2D eigenvalue weighted by molar-refractivity contribution is -0.120. The molecule has 2 aromatic rings. The molecule has 3 rings (SSSR count). The lowest BCUT2D eigenvalue weighted by Gasteiger charge is -2.30. The number of primary amides is 1. The number of thiazole rings is 1. The van der Waals surface area contributed by atoms with E-state index < -0.39 is 15.9 Å². The number of nitrogens with two attached hydrogens (primary N) is 1. The van der Waals surface area contributed by atoms with E-state index in [2.05, 4.69) is 10.3 Å². The fourth-order valence-electron chi connectivity index (χ4n) is 2.75. The van der Waals surface area contributed by atoms with E-state index in [4.69, 9.17) is 5.73 Å². The fourth-order valence-corrected chi connectivity index (χ4v) is 4.92. The molecule has 8 nitrogen and oxygen atoms in total. The number of rotatable bonds is 5. The van der Waals surface area contributed by atoms with E-state index in [1.165, 1.54) is 10.5 Å². The first-order chi connectivity index (χ1) is 12.4. The van der Waals surface area contributed by atoms with Gasteiger partial charge in [-0.25, -0.2) is 13.4 Å². The molecule has 0 aliphatic carbocycles. The van der Waals surface area contributed by atoms with Gasteiger partial charge >= 0.3 is 0 Å². The summed E-state index contributed by atoms with van der Waals surface area (Å²) in [5.41, 5.74) is 5.16. The largest absolute Gasteiger partial charge is 0.365 e. The molecule has 1 fully saturated rings. The maximum absolute atomic E-state index is 12.6. The summed E-state index contributed by atoms with van der Waals surface area (Å²) >= 11 is 1.01. The van der Waals surface area contributed by atoms with Crippen molar-refractivity contribution in [2.24, 2.45) is 11.7 Å². The highest BCUT2D eigenvalue weighted by Crippen LogP contribution is 2.25. The number of hydrogen-bond donors (Lipinski definition) is 2. The third-order valence-corrected chi connectivity index (χ3v) is 7.02. The number of hydrogen-bond acceptors (Lipinski definition) is 6. The van der Waals surface area contributed by atoms with Crippen LogP contribution in [-0.2, 0) is 14.8 Å². The molecule has 2 heterocycles. The molecule has 138 valence electrons. The topological polar surface area (TPSA) is 122 Å². The lowest BCUT2D eigenvalue weighted by atomic mass is 9.97. The van der Waals surface area contributed by atoms with Gasteiger partial charge in [-0.3, -0.25) is 9.59 Å². The normalized spacial score (nSPS) is 16.3. The predicted molar refractivity (Wildman–Crippen MR) is 97.2 cm³/mol. The zero-order chi connectivity index (χ0) is 18.7. The molecule has 26 heavy (non-hydrogen) atoms. The summed E-state index contributed by atoms with van der Waals surface area (Å²) in [5.74, 6) is -1.13. The van der Waals surface area contributed by atoms with Crippen molar-refractivity contribution in [3.63, 3.8) is 0 Å². The number of benzene rings is 1. The number of nitrogens with one attached hydrogen (secondary N) is 1. The smallest absolute Gasteiger partial charge is 0.260 e. The molecule has 0 radical (unpaired) electrons. The van der Waals surface area contributed by atoms with Crippen LogP contribution in [0.25, 0.3) is 0 Å². The molecule has 0 spiro atoms. The molecule has 2 amide bonds. The zero-order valence-corrected chi connectivity index (χ0v) is 15.4. The van der Waals surface area contributed by atoms with Crippen molar-refractivity contribution in [2.75, 3.05) is 18.4 Å².